The summed E-state index contributed by atoms with van der Waals surface area (Å²) < 4.78 is 3.62. The van der Waals surface area contributed by atoms with Crippen LogP contribution in [0, 0.1) is 0 Å². The summed E-state index contributed by atoms with van der Waals surface area (Å²) in [5.41, 5.74) is 1.62. The molecule has 1 saturated heterocycles. The number of aromatic amines is 1. The Morgan fingerprint density at radius 3 is 3.17 bits per heavy atom. The van der Waals surface area contributed by atoms with Crippen molar-refractivity contribution in [3.8, 4) is 0 Å². The lowest BCUT2D eigenvalue weighted by Crippen LogP contribution is -2.33. The van der Waals surface area contributed by atoms with Gasteiger partial charge >= 0.3 is 5.69 Å². The van der Waals surface area contributed by atoms with Crippen LogP contribution < -0.4 is 15.9 Å². The standard InChI is InChI=1S/C15H19N7O/c1-20-6-2-3-12(20)9-17-11-4-7-21(10-11)13-14-18-19-15(23)22(14)8-5-16-13/h2-3,5-6,8,11,17H,4,7,9-10H2,1H3,(H,19,23). The molecule has 0 radical (unpaired) electrons. The van der Waals surface area contributed by atoms with Gasteiger partial charge in [-0.25, -0.2) is 19.3 Å². The van der Waals surface area contributed by atoms with Gasteiger partial charge < -0.3 is 14.8 Å². The minimum atomic E-state index is -0.235. The molecule has 8 heteroatoms. The number of fused-ring (bicyclic) bond motifs is 1. The van der Waals surface area contributed by atoms with Gasteiger partial charge in [-0.05, 0) is 18.6 Å². The highest BCUT2D eigenvalue weighted by Crippen LogP contribution is 2.21. The van der Waals surface area contributed by atoms with E-state index in [0.717, 1.165) is 31.9 Å². The molecule has 4 heterocycles. The summed E-state index contributed by atoms with van der Waals surface area (Å²) in [6.45, 7) is 2.61. The maximum Gasteiger partial charge on any atom is 0.347 e. The van der Waals surface area contributed by atoms with E-state index in [1.165, 1.54) is 10.1 Å². The third-order valence-electron chi connectivity index (χ3n) is 4.43. The fraction of sp³-hybridized carbons (Fsp3) is 0.400. The minimum Gasteiger partial charge on any atom is -0.353 e. The Kier molecular flexibility index (Phi) is 3.38. The van der Waals surface area contributed by atoms with Crippen LogP contribution in [0.4, 0.5) is 5.82 Å². The third-order valence-corrected chi connectivity index (χ3v) is 4.43. The number of hydrogen-bond donors (Lipinski definition) is 2. The second kappa shape index (κ2) is 5.54. The maximum absolute atomic E-state index is 11.7. The molecular weight excluding hydrogens is 294 g/mol. The molecule has 4 rings (SSSR count). The van der Waals surface area contributed by atoms with Crippen LogP contribution in [-0.4, -0.2) is 43.3 Å². The molecule has 0 aromatic carbocycles. The summed E-state index contributed by atoms with van der Waals surface area (Å²) in [6.07, 6.45) is 6.37. The van der Waals surface area contributed by atoms with Crippen LogP contribution in [0.5, 0.6) is 0 Å². The number of nitrogens with zero attached hydrogens (tertiary/aromatic N) is 5. The molecule has 1 unspecified atom stereocenters. The third kappa shape index (κ3) is 2.50. The Morgan fingerprint density at radius 1 is 1.43 bits per heavy atom. The molecule has 1 fully saturated rings. The highest BCUT2D eigenvalue weighted by atomic mass is 16.1. The summed E-state index contributed by atoms with van der Waals surface area (Å²) in [5.74, 6) is 0.758. The highest BCUT2D eigenvalue weighted by molar-refractivity contribution is 5.63. The average Bonchev–Trinajstić information content (AvgIpc) is 3.26. The smallest absolute Gasteiger partial charge is 0.347 e. The number of nitrogens with one attached hydrogen (secondary N) is 2. The first-order valence-corrected chi connectivity index (χ1v) is 7.72. The Morgan fingerprint density at radius 2 is 2.35 bits per heavy atom. The van der Waals surface area contributed by atoms with Crippen molar-refractivity contribution in [2.75, 3.05) is 18.0 Å². The molecule has 1 aliphatic rings. The van der Waals surface area contributed by atoms with E-state index in [-0.39, 0.29) is 5.69 Å². The molecule has 0 spiro atoms. The molecule has 1 aliphatic heterocycles. The van der Waals surface area contributed by atoms with E-state index in [2.05, 4.69) is 55.3 Å². The van der Waals surface area contributed by atoms with Crippen molar-refractivity contribution in [2.24, 2.45) is 7.05 Å². The molecule has 2 N–H and O–H groups in total. The first kappa shape index (κ1) is 14.0. The van der Waals surface area contributed by atoms with Crippen LogP contribution in [0.3, 0.4) is 0 Å². The normalized spacial score (nSPS) is 18.1. The molecule has 120 valence electrons. The summed E-state index contributed by atoms with van der Waals surface area (Å²) in [6, 6.07) is 4.58. The number of hydrogen-bond acceptors (Lipinski definition) is 5. The maximum atomic E-state index is 11.7. The Hall–Kier alpha value is -2.61. The van der Waals surface area contributed by atoms with Crippen molar-refractivity contribution in [1.29, 1.82) is 0 Å². The van der Waals surface area contributed by atoms with Gasteiger partial charge in [-0.15, -0.1) is 5.10 Å². The Bertz CT molecular complexity index is 877. The SMILES string of the molecule is Cn1cccc1CNC1CCN(c2nccn3c(=O)[nH]nc23)C1. The monoisotopic (exact) mass is 313 g/mol. The summed E-state index contributed by atoms with van der Waals surface area (Å²) in [5, 5.41) is 10.1. The zero-order valence-electron chi connectivity index (χ0n) is 12.9. The van der Waals surface area contributed by atoms with Crippen LogP contribution in [0.1, 0.15) is 12.1 Å². The molecule has 1 atom stereocenters. The van der Waals surface area contributed by atoms with Crippen molar-refractivity contribution < 1.29 is 0 Å². The van der Waals surface area contributed by atoms with Gasteiger partial charge in [0.25, 0.3) is 0 Å². The van der Waals surface area contributed by atoms with E-state index < -0.39 is 0 Å². The van der Waals surface area contributed by atoms with Crippen molar-refractivity contribution in [2.45, 2.75) is 19.0 Å². The van der Waals surface area contributed by atoms with Crippen molar-refractivity contribution in [3.05, 3.63) is 46.9 Å². The number of aryl methyl sites for hydroxylation is 1. The quantitative estimate of drug-likeness (QED) is 0.715. The van der Waals surface area contributed by atoms with E-state index in [9.17, 15) is 4.79 Å². The molecule has 0 amide bonds. The van der Waals surface area contributed by atoms with Gasteiger partial charge in [0.05, 0.1) is 0 Å². The molecule has 0 saturated carbocycles. The molecule has 0 aliphatic carbocycles. The van der Waals surface area contributed by atoms with E-state index in [1.54, 1.807) is 12.4 Å². The van der Waals surface area contributed by atoms with Gasteiger partial charge in [0.2, 0.25) is 5.65 Å². The van der Waals surface area contributed by atoms with E-state index >= 15 is 0 Å². The molecule has 3 aromatic rings. The zero-order valence-corrected chi connectivity index (χ0v) is 12.9. The molecule has 8 nitrogen and oxygen atoms in total. The Labute approximate surface area is 132 Å². The highest BCUT2D eigenvalue weighted by Gasteiger charge is 2.25. The Balaban J connectivity index is 1.47. The zero-order chi connectivity index (χ0) is 15.8. The van der Waals surface area contributed by atoms with Gasteiger partial charge in [0.15, 0.2) is 5.82 Å². The fourth-order valence-corrected chi connectivity index (χ4v) is 3.10. The molecular formula is C15H19N7O. The van der Waals surface area contributed by atoms with E-state index in [1.807, 2.05) is 0 Å². The van der Waals surface area contributed by atoms with E-state index in [4.69, 9.17) is 0 Å². The molecule has 23 heavy (non-hydrogen) atoms. The lowest BCUT2D eigenvalue weighted by atomic mass is 10.2. The van der Waals surface area contributed by atoms with E-state index in [0.29, 0.717) is 11.7 Å². The summed E-state index contributed by atoms with van der Waals surface area (Å²) >= 11 is 0. The first-order chi connectivity index (χ1) is 11.2. The predicted octanol–water partition coefficient (Wildman–Crippen LogP) is 0.125. The van der Waals surface area contributed by atoms with Crippen molar-refractivity contribution in [3.63, 3.8) is 0 Å². The molecule has 3 aromatic heterocycles. The van der Waals surface area contributed by atoms with Gasteiger partial charge in [-0.2, -0.15) is 0 Å². The summed E-state index contributed by atoms with van der Waals surface area (Å²) in [7, 11) is 2.05. The minimum absolute atomic E-state index is 0.235. The van der Waals surface area contributed by atoms with Crippen molar-refractivity contribution >= 4 is 11.5 Å². The topological polar surface area (TPSA) is 83.2 Å². The predicted molar refractivity (Wildman–Crippen MR) is 86.5 cm³/mol. The fourth-order valence-electron chi connectivity index (χ4n) is 3.10. The lowest BCUT2D eigenvalue weighted by Gasteiger charge is -2.18. The van der Waals surface area contributed by atoms with Crippen LogP contribution in [0.2, 0.25) is 0 Å². The van der Waals surface area contributed by atoms with Crippen LogP contribution >= 0.6 is 0 Å². The van der Waals surface area contributed by atoms with Crippen LogP contribution in [-0.2, 0) is 13.6 Å². The van der Waals surface area contributed by atoms with Crippen LogP contribution in [0.25, 0.3) is 5.65 Å². The van der Waals surface area contributed by atoms with Gasteiger partial charge in [0.1, 0.15) is 0 Å². The second-order valence-corrected chi connectivity index (χ2v) is 5.90. The number of aromatic nitrogens is 5. The number of H-pyrrole nitrogens is 1. The van der Waals surface area contributed by atoms with Gasteiger partial charge in [-0.1, -0.05) is 0 Å². The largest absolute Gasteiger partial charge is 0.353 e. The summed E-state index contributed by atoms with van der Waals surface area (Å²) in [4.78, 5) is 18.3. The average molecular weight is 313 g/mol. The number of anilines is 1. The first-order valence-electron chi connectivity index (χ1n) is 7.72. The second-order valence-electron chi connectivity index (χ2n) is 5.90. The van der Waals surface area contributed by atoms with Gasteiger partial charge in [0, 0.05) is 57.0 Å². The van der Waals surface area contributed by atoms with Crippen LogP contribution in [0.15, 0.2) is 35.5 Å². The van der Waals surface area contributed by atoms with Gasteiger partial charge in [-0.3, -0.25) is 0 Å². The lowest BCUT2D eigenvalue weighted by molar-refractivity contribution is 0.538. The number of rotatable bonds is 4. The molecule has 0 bridgehead atoms. The van der Waals surface area contributed by atoms with Crippen molar-refractivity contribution in [1.82, 2.24) is 29.5 Å².